The van der Waals surface area contributed by atoms with E-state index in [1.54, 1.807) is 5.48 Å². The third-order valence-electron chi connectivity index (χ3n) is 10.7. The summed E-state index contributed by atoms with van der Waals surface area (Å²) in [5.41, 5.74) is 8.33. The highest BCUT2D eigenvalue weighted by atomic mass is 16.7. The summed E-state index contributed by atoms with van der Waals surface area (Å²) in [4.78, 5) is 26.3. The third kappa shape index (κ3) is 9.19. The number of carbonyl (C=O) groups excluding carboxylic acids is 2. The van der Waals surface area contributed by atoms with Gasteiger partial charge in [-0.1, -0.05) is 81.4 Å². The molecule has 0 spiro atoms. The molecule has 6 rings (SSSR count). The summed E-state index contributed by atoms with van der Waals surface area (Å²) in [5.74, 6) is -0.512. The molecule has 1 saturated carbocycles. The maximum atomic E-state index is 12.4. The van der Waals surface area contributed by atoms with Crippen LogP contribution in [0, 0.1) is 10.8 Å². The molecule has 9 heteroatoms. The Balaban J connectivity index is 1.15. The first-order valence-corrected chi connectivity index (χ1v) is 18.1. The van der Waals surface area contributed by atoms with Gasteiger partial charge in [-0.05, 0) is 82.9 Å². The van der Waals surface area contributed by atoms with E-state index in [-0.39, 0.29) is 31.1 Å². The average molecular weight is 684 g/mol. The van der Waals surface area contributed by atoms with Gasteiger partial charge in [0.15, 0.2) is 6.29 Å². The number of benzene rings is 3. The SMILES string of the molecule is CC1(C)CC2CC(C)(CN2C[C@H]2C[C@@H](c3ccc(CO)cc3)O[C@@H](c3cccc(-c4cccc(CNC(=O)CCCCC(=O)NO)c4)c3)O2)C1. The summed E-state index contributed by atoms with van der Waals surface area (Å²) in [6, 6.07) is 25.2. The van der Waals surface area contributed by atoms with Crippen molar-refractivity contribution in [2.75, 3.05) is 13.1 Å². The van der Waals surface area contributed by atoms with Crippen molar-refractivity contribution in [2.45, 2.75) is 110 Å². The van der Waals surface area contributed by atoms with E-state index in [1.807, 2.05) is 30.3 Å². The molecule has 3 aromatic carbocycles. The molecular weight excluding hydrogens is 630 g/mol. The van der Waals surface area contributed by atoms with Crippen LogP contribution in [0.1, 0.15) is 107 Å². The van der Waals surface area contributed by atoms with Crippen LogP contribution >= 0.6 is 0 Å². The van der Waals surface area contributed by atoms with E-state index in [0.717, 1.165) is 52.9 Å². The summed E-state index contributed by atoms with van der Waals surface area (Å²) in [6.07, 6.45) is 5.47. The van der Waals surface area contributed by atoms with Gasteiger partial charge in [0.1, 0.15) is 0 Å². The Kier molecular flexibility index (Phi) is 11.4. The number of rotatable bonds is 13. The zero-order valence-corrected chi connectivity index (χ0v) is 29.7. The number of hydrogen-bond donors (Lipinski definition) is 4. The van der Waals surface area contributed by atoms with Gasteiger partial charge >= 0.3 is 0 Å². The topological polar surface area (TPSA) is 120 Å². The van der Waals surface area contributed by atoms with Gasteiger partial charge in [-0.15, -0.1) is 0 Å². The fourth-order valence-electron chi connectivity index (χ4n) is 8.73. The lowest BCUT2D eigenvalue weighted by molar-refractivity contribution is -0.253. The number of hydrogen-bond acceptors (Lipinski definition) is 7. The van der Waals surface area contributed by atoms with Gasteiger partial charge in [-0.2, -0.15) is 0 Å². The Hall–Kier alpha value is -3.60. The molecule has 268 valence electrons. The number of nitrogens with one attached hydrogen (secondary N) is 2. The van der Waals surface area contributed by atoms with Gasteiger partial charge in [0.05, 0.1) is 18.8 Å². The van der Waals surface area contributed by atoms with Crippen LogP contribution < -0.4 is 10.8 Å². The van der Waals surface area contributed by atoms with E-state index in [9.17, 15) is 14.7 Å². The number of nitrogens with zero attached hydrogens (tertiary/aromatic N) is 1. The Labute approximate surface area is 296 Å². The molecule has 3 aliphatic rings. The second-order valence-corrected chi connectivity index (χ2v) is 15.8. The second-order valence-electron chi connectivity index (χ2n) is 15.8. The first kappa shape index (κ1) is 36.2. The average Bonchev–Trinajstić information content (AvgIpc) is 3.35. The number of ether oxygens (including phenoxy) is 2. The first-order valence-electron chi connectivity index (χ1n) is 18.1. The van der Waals surface area contributed by atoms with Crippen molar-refractivity contribution < 1.29 is 29.4 Å². The van der Waals surface area contributed by atoms with Crippen LogP contribution in [0.25, 0.3) is 11.1 Å². The molecule has 9 nitrogen and oxygen atoms in total. The lowest BCUT2D eigenvalue weighted by Gasteiger charge is -2.41. The predicted octanol–water partition coefficient (Wildman–Crippen LogP) is 6.97. The van der Waals surface area contributed by atoms with Gasteiger partial charge in [0.25, 0.3) is 0 Å². The number of likely N-dealkylation sites (tertiary alicyclic amines) is 1. The zero-order chi connectivity index (χ0) is 35.3. The third-order valence-corrected chi connectivity index (χ3v) is 10.7. The molecule has 2 bridgehead atoms. The fraction of sp³-hybridized carbons (Fsp3) is 0.512. The molecule has 2 amide bonds. The number of aliphatic hydroxyl groups excluding tert-OH is 1. The molecule has 3 fully saturated rings. The van der Waals surface area contributed by atoms with Crippen molar-refractivity contribution in [1.29, 1.82) is 0 Å². The highest BCUT2D eigenvalue weighted by Gasteiger charge is 2.50. The van der Waals surface area contributed by atoms with Crippen molar-refractivity contribution in [1.82, 2.24) is 15.7 Å². The number of hydroxylamine groups is 1. The van der Waals surface area contributed by atoms with Crippen molar-refractivity contribution in [2.24, 2.45) is 10.8 Å². The lowest BCUT2D eigenvalue weighted by atomic mass is 9.65. The minimum absolute atomic E-state index is 0.00441. The molecule has 4 N–H and O–H groups in total. The van der Waals surface area contributed by atoms with Gasteiger partial charge in [0.2, 0.25) is 11.8 Å². The van der Waals surface area contributed by atoms with Crippen LogP contribution in [-0.2, 0) is 32.2 Å². The van der Waals surface area contributed by atoms with Crippen LogP contribution in [-0.4, -0.2) is 52.3 Å². The number of aliphatic hydroxyl groups is 1. The highest BCUT2D eigenvalue weighted by Crippen LogP contribution is 2.53. The van der Waals surface area contributed by atoms with E-state index >= 15 is 0 Å². The normalized spacial score (nSPS) is 26.0. The maximum absolute atomic E-state index is 12.4. The van der Waals surface area contributed by atoms with Gasteiger partial charge in [0, 0.05) is 50.5 Å². The summed E-state index contributed by atoms with van der Waals surface area (Å²) in [7, 11) is 0. The van der Waals surface area contributed by atoms with E-state index in [4.69, 9.17) is 14.7 Å². The van der Waals surface area contributed by atoms with Crippen molar-refractivity contribution in [3.8, 4) is 11.1 Å². The molecular formula is C41H53N3O6. The molecule has 2 unspecified atom stereocenters. The van der Waals surface area contributed by atoms with E-state index in [1.165, 1.54) is 19.3 Å². The maximum Gasteiger partial charge on any atom is 0.243 e. The molecule has 3 aromatic rings. The summed E-state index contributed by atoms with van der Waals surface area (Å²) in [6.45, 7) is 9.70. The summed E-state index contributed by atoms with van der Waals surface area (Å²) < 4.78 is 13.5. The highest BCUT2D eigenvalue weighted by molar-refractivity contribution is 5.76. The van der Waals surface area contributed by atoms with E-state index < -0.39 is 12.2 Å². The number of fused-ring (bicyclic) bond motifs is 2. The quantitative estimate of drug-likeness (QED) is 0.0873. The Bertz CT molecular complexity index is 1630. The van der Waals surface area contributed by atoms with Gasteiger partial charge < -0.3 is 19.9 Å². The number of carbonyl (C=O) groups is 2. The molecule has 0 aromatic heterocycles. The van der Waals surface area contributed by atoms with Crippen LogP contribution in [0.2, 0.25) is 0 Å². The first-order chi connectivity index (χ1) is 24.0. The Morgan fingerprint density at radius 2 is 1.58 bits per heavy atom. The predicted molar refractivity (Wildman–Crippen MR) is 192 cm³/mol. The number of amides is 2. The van der Waals surface area contributed by atoms with E-state index in [2.05, 4.69) is 73.5 Å². The monoisotopic (exact) mass is 683 g/mol. The van der Waals surface area contributed by atoms with Crippen molar-refractivity contribution >= 4 is 11.8 Å². The second kappa shape index (κ2) is 15.7. The van der Waals surface area contributed by atoms with Gasteiger partial charge in [-0.25, -0.2) is 5.48 Å². The molecule has 0 radical (unpaired) electrons. The smallest absolute Gasteiger partial charge is 0.243 e. The van der Waals surface area contributed by atoms with Gasteiger partial charge in [-0.3, -0.25) is 19.7 Å². The molecule has 2 saturated heterocycles. The molecule has 50 heavy (non-hydrogen) atoms. The molecule has 2 aliphatic heterocycles. The van der Waals surface area contributed by atoms with Crippen LogP contribution in [0.4, 0.5) is 0 Å². The van der Waals surface area contributed by atoms with Crippen molar-refractivity contribution in [3.63, 3.8) is 0 Å². The standard InChI is InChI=1S/C41H53N3O6/c1-40(2)21-34-22-41(3,26-40)27-44(34)24-35-20-36(30-16-14-28(25-45)15-17-30)50-39(49-35)33-11-7-10-32(19-33)31-9-6-8-29(18-31)23-42-37(46)12-4-5-13-38(47)43-48/h6-11,14-19,34-36,39,45,48H,4-5,12-13,20-27H2,1-3H3,(H,42,46)(H,43,47)/t34?,35-,36+,39+,41?/m1/s1. The molecule has 2 heterocycles. The molecule has 5 atom stereocenters. The Morgan fingerprint density at radius 1 is 0.860 bits per heavy atom. The minimum Gasteiger partial charge on any atom is -0.392 e. The molecule has 1 aliphatic carbocycles. The van der Waals surface area contributed by atoms with Crippen LogP contribution in [0.5, 0.6) is 0 Å². The minimum atomic E-state index is -0.531. The fourth-order valence-corrected chi connectivity index (χ4v) is 8.73. The Morgan fingerprint density at radius 3 is 2.32 bits per heavy atom. The summed E-state index contributed by atoms with van der Waals surface area (Å²) >= 11 is 0. The zero-order valence-electron chi connectivity index (χ0n) is 29.7. The number of unbranched alkanes of at least 4 members (excludes halogenated alkanes) is 1. The van der Waals surface area contributed by atoms with Crippen LogP contribution in [0.3, 0.4) is 0 Å². The van der Waals surface area contributed by atoms with E-state index in [0.29, 0.717) is 42.7 Å². The van der Waals surface area contributed by atoms with Crippen molar-refractivity contribution in [3.05, 3.63) is 95.1 Å². The largest absolute Gasteiger partial charge is 0.392 e. The lowest BCUT2D eigenvalue weighted by Crippen LogP contribution is -2.42. The van der Waals surface area contributed by atoms with Crippen LogP contribution in [0.15, 0.2) is 72.8 Å². The summed E-state index contributed by atoms with van der Waals surface area (Å²) in [5, 5.41) is 21.2.